The van der Waals surface area contributed by atoms with Gasteiger partial charge in [0.15, 0.2) is 5.84 Å². The molecule has 0 saturated carbocycles. The fourth-order valence-electron chi connectivity index (χ4n) is 3.11. The molecule has 6 nitrogen and oxygen atoms in total. The molecule has 1 atom stereocenters. The standard InChI is InChI=1S/C15H30N4O2/c1-13(2)19-6-4-3-5-14(19)12-21-17-15(16)11-18-7-9-20-10-8-18/h13-14H,3-12H2,1-2H3,(H2,16,17)/t14-/m1/s1. The van der Waals surface area contributed by atoms with E-state index < -0.39 is 0 Å². The van der Waals surface area contributed by atoms with Gasteiger partial charge in [-0.15, -0.1) is 0 Å². The Morgan fingerprint density at radius 3 is 2.76 bits per heavy atom. The van der Waals surface area contributed by atoms with Crippen LogP contribution in [0, 0.1) is 0 Å². The largest absolute Gasteiger partial charge is 0.393 e. The van der Waals surface area contributed by atoms with Crippen LogP contribution >= 0.6 is 0 Å². The van der Waals surface area contributed by atoms with Gasteiger partial charge in [-0.3, -0.25) is 9.80 Å². The first-order valence-corrected chi connectivity index (χ1v) is 8.17. The van der Waals surface area contributed by atoms with E-state index in [0.717, 1.165) is 26.3 Å². The molecule has 0 aromatic heterocycles. The molecule has 0 spiro atoms. The summed E-state index contributed by atoms with van der Waals surface area (Å²) in [4.78, 5) is 10.3. The Labute approximate surface area is 128 Å². The quantitative estimate of drug-likeness (QED) is 0.448. The monoisotopic (exact) mass is 298 g/mol. The van der Waals surface area contributed by atoms with Gasteiger partial charge in [-0.05, 0) is 33.2 Å². The number of likely N-dealkylation sites (tertiary alicyclic amines) is 1. The SMILES string of the molecule is CC(C)N1CCCC[C@@H]1CON=C(N)CN1CCOCC1. The Hall–Kier alpha value is -0.850. The number of piperidine rings is 1. The van der Waals surface area contributed by atoms with E-state index >= 15 is 0 Å². The maximum absolute atomic E-state index is 5.94. The van der Waals surface area contributed by atoms with Crippen molar-refractivity contribution in [3.05, 3.63) is 0 Å². The van der Waals surface area contributed by atoms with Crippen molar-refractivity contribution < 1.29 is 9.57 Å². The molecule has 2 heterocycles. The van der Waals surface area contributed by atoms with Gasteiger partial charge in [0.05, 0.1) is 19.8 Å². The van der Waals surface area contributed by atoms with E-state index in [0.29, 0.717) is 31.1 Å². The van der Waals surface area contributed by atoms with Gasteiger partial charge in [0.2, 0.25) is 0 Å². The Morgan fingerprint density at radius 1 is 1.29 bits per heavy atom. The highest BCUT2D eigenvalue weighted by atomic mass is 16.6. The Balaban J connectivity index is 1.72. The highest BCUT2D eigenvalue weighted by Gasteiger charge is 2.25. The first-order valence-electron chi connectivity index (χ1n) is 8.17. The summed E-state index contributed by atoms with van der Waals surface area (Å²) in [5.41, 5.74) is 5.94. The van der Waals surface area contributed by atoms with Crippen molar-refractivity contribution in [2.75, 3.05) is 46.0 Å². The van der Waals surface area contributed by atoms with Crippen LogP contribution in [0.15, 0.2) is 5.16 Å². The summed E-state index contributed by atoms with van der Waals surface area (Å²) in [6.07, 6.45) is 3.76. The minimum Gasteiger partial charge on any atom is -0.393 e. The molecule has 2 fully saturated rings. The predicted molar refractivity (Wildman–Crippen MR) is 84.3 cm³/mol. The third kappa shape index (κ3) is 5.45. The minimum absolute atomic E-state index is 0.471. The second-order valence-corrected chi connectivity index (χ2v) is 6.25. The van der Waals surface area contributed by atoms with Crippen molar-refractivity contribution in [2.45, 2.75) is 45.2 Å². The smallest absolute Gasteiger partial charge is 0.153 e. The molecule has 2 saturated heterocycles. The molecule has 0 bridgehead atoms. The molecule has 2 aliphatic rings. The molecule has 0 aromatic rings. The zero-order valence-electron chi connectivity index (χ0n) is 13.5. The Kier molecular flexibility index (Phi) is 6.73. The lowest BCUT2D eigenvalue weighted by atomic mass is 10.0. The molecule has 0 aliphatic carbocycles. The van der Waals surface area contributed by atoms with Gasteiger partial charge < -0.3 is 15.3 Å². The van der Waals surface area contributed by atoms with E-state index in [-0.39, 0.29) is 0 Å². The molecule has 2 rings (SSSR count). The van der Waals surface area contributed by atoms with Gasteiger partial charge in [-0.1, -0.05) is 11.6 Å². The van der Waals surface area contributed by atoms with Crippen molar-refractivity contribution in [3.63, 3.8) is 0 Å². The fraction of sp³-hybridized carbons (Fsp3) is 0.933. The lowest BCUT2D eigenvalue weighted by Crippen LogP contribution is -2.46. The summed E-state index contributed by atoms with van der Waals surface area (Å²) in [5.74, 6) is 0.559. The molecular weight excluding hydrogens is 268 g/mol. The van der Waals surface area contributed by atoms with Gasteiger partial charge in [-0.2, -0.15) is 0 Å². The summed E-state index contributed by atoms with van der Waals surface area (Å²) < 4.78 is 5.32. The summed E-state index contributed by atoms with van der Waals surface area (Å²) in [5, 5.41) is 4.09. The molecule has 6 heteroatoms. The van der Waals surface area contributed by atoms with Crippen molar-refractivity contribution >= 4 is 5.84 Å². The van der Waals surface area contributed by atoms with Crippen molar-refractivity contribution in [2.24, 2.45) is 10.9 Å². The van der Waals surface area contributed by atoms with Crippen LogP contribution in [0.1, 0.15) is 33.1 Å². The van der Waals surface area contributed by atoms with Crippen LogP contribution in [0.2, 0.25) is 0 Å². The third-order valence-corrected chi connectivity index (χ3v) is 4.27. The van der Waals surface area contributed by atoms with Gasteiger partial charge in [0.25, 0.3) is 0 Å². The predicted octanol–water partition coefficient (Wildman–Crippen LogP) is 0.870. The van der Waals surface area contributed by atoms with Gasteiger partial charge in [-0.25, -0.2) is 0 Å². The lowest BCUT2D eigenvalue weighted by molar-refractivity contribution is 0.0254. The molecule has 2 aliphatic heterocycles. The molecule has 0 amide bonds. The van der Waals surface area contributed by atoms with Gasteiger partial charge in [0.1, 0.15) is 6.61 Å². The van der Waals surface area contributed by atoms with Crippen LogP contribution in [0.5, 0.6) is 0 Å². The van der Waals surface area contributed by atoms with Crippen molar-refractivity contribution in [3.8, 4) is 0 Å². The molecule has 0 aromatic carbocycles. The fourth-order valence-corrected chi connectivity index (χ4v) is 3.11. The molecular formula is C15H30N4O2. The average molecular weight is 298 g/mol. The van der Waals surface area contributed by atoms with E-state index in [1.807, 2.05) is 0 Å². The molecule has 122 valence electrons. The lowest BCUT2D eigenvalue weighted by Gasteiger charge is -2.37. The number of hydrogen-bond donors (Lipinski definition) is 1. The van der Waals surface area contributed by atoms with Crippen molar-refractivity contribution in [1.29, 1.82) is 0 Å². The highest BCUT2D eigenvalue weighted by Crippen LogP contribution is 2.19. The summed E-state index contributed by atoms with van der Waals surface area (Å²) in [7, 11) is 0. The van der Waals surface area contributed by atoms with E-state index in [4.69, 9.17) is 15.3 Å². The summed E-state index contributed by atoms with van der Waals surface area (Å²) >= 11 is 0. The summed E-state index contributed by atoms with van der Waals surface area (Å²) in [6, 6.07) is 1.03. The summed E-state index contributed by atoms with van der Waals surface area (Å²) in [6.45, 7) is 10.4. The zero-order valence-corrected chi connectivity index (χ0v) is 13.5. The second-order valence-electron chi connectivity index (χ2n) is 6.25. The zero-order chi connectivity index (χ0) is 15.1. The Morgan fingerprint density at radius 2 is 2.05 bits per heavy atom. The van der Waals surface area contributed by atoms with E-state index in [2.05, 4.69) is 28.8 Å². The second kappa shape index (κ2) is 8.56. The topological polar surface area (TPSA) is 63.3 Å². The maximum Gasteiger partial charge on any atom is 0.153 e. The average Bonchev–Trinajstić information content (AvgIpc) is 2.48. The van der Waals surface area contributed by atoms with E-state index in [1.165, 1.54) is 25.8 Å². The van der Waals surface area contributed by atoms with Crippen LogP contribution < -0.4 is 5.73 Å². The van der Waals surface area contributed by atoms with Crippen molar-refractivity contribution in [1.82, 2.24) is 9.80 Å². The molecule has 21 heavy (non-hydrogen) atoms. The van der Waals surface area contributed by atoms with Crippen LogP contribution in [-0.4, -0.2) is 73.7 Å². The number of hydrogen-bond acceptors (Lipinski definition) is 5. The van der Waals surface area contributed by atoms with Crippen LogP contribution in [0.3, 0.4) is 0 Å². The first kappa shape index (κ1) is 16.5. The van der Waals surface area contributed by atoms with Gasteiger partial charge >= 0.3 is 0 Å². The van der Waals surface area contributed by atoms with E-state index in [1.54, 1.807) is 0 Å². The maximum atomic E-state index is 5.94. The number of oxime groups is 1. The van der Waals surface area contributed by atoms with Crippen LogP contribution in [0.25, 0.3) is 0 Å². The first-order chi connectivity index (χ1) is 10.2. The van der Waals surface area contributed by atoms with Crippen LogP contribution in [0.4, 0.5) is 0 Å². The highest BCUT2D eigenvalue weighted by molar-refractivity contribution is 5.81. The molecule has 0 unspecified atom stereocenters. The minimum atomic E-state index is 0.471. The van der Waals surface area contributed by atoms with Crippen LogP contribution in [-0.2, 0) is 9.57 Å². The number of nitrogens with zero attached hydrogens (tertiary/aromatic N) is 3. The number of amidine groups is 1. The number of nitrogens with two attached hydrogens (primary N) is 1. The Bertz CT molecular complexity index is 330. The number of ether oxygens (including phenoxy) is 1. The molecule has 0 radical (unpaired) electrons. The third-order valence-electron chi connectivity index (χ3n) is 4.27. The van der Waals surface area contributed by atoms with E-state index in [9.17, 15) is 0 Å². The number of rotatable bonds is 6. The normalized spacial score (nSPS) is 26.2. The molecule has 2 N–H and O–H groups in total. The van der Waals surface area contributed by atoms with Gasteiger partial charge in [0, 0.05) is 25.2 Å². The number of morpholine rings is 1.